The maximum atomic E-state index is 11.0. The van der Waals surface area contributed by atoms with Crippen molar-refractivity contribution >= 4 is 5.97 Å². The van der Waals surface area contributed by atoms with E-state index >= 15 is 0 Å². The molecule has 4 nitrogen and oxygen atoms in total. The molecule has 100 valence electrons. The normalized spacial score (nSPS) is 19.3. The highest BCUT2D eigenvalue weighted by Gasteiger charge is 2.31. The summed E-state index contributed by atoms with van der Waals surface area (Å²) < 4.78 is 0. The first kappa shape index (κ1) is 14.5. The van der Waals surface area contributed by atoms with Crippen LogP contribution in [0, 0.1) is 5.92 Å². The molecular formula is C13H26N2O2. The van der Waals surface area contributed by atoms with Crippen LogP contribution in [0.15, 0.2) is 0 Å². The molecule has 4 heteroatoms. The Bertz CT molecular complexity index is 254. The average molecular weight is 242 g/mol. The monoisotopic (exact) mass is 242 g/mol. The number of hydrogen-bond donors (Lipinski definition) is 2. The third kappa shape index (κ3) is 4.64. The molecule has 0 aromatic heterocycles. The maximum absolute atomic E-state index is 11.0. The Morgan fingerprint density at radius 3 is 2.53 bits per heavy atom. The van der Waals surface area contributed by atoms with Crippen LogP contribution >= 0.6 is 0 Å². The van der Waals surface area contributed by atoms with Crippen LogP contribution in [0.5, 0.6) is 0 Å². The van der Waals surface area contributed by atoms with Crippen molar-refractivity contribution < 1.29 is 9.90 Å². The number of hydrogen-bond acceptors (Lipinski definition) is 3. The first-order valence-electron chi connectivity index (χ1n) is 6.76. The van der Waals surface area contributed by atoms with Gasteiger partial charge in [0.15, 0.2) is 0 Å². The summed E-state index contributed by atoms with van der Waals surface area (Å²) in [6.07, 6.45) is 4.66. The van der Waals surface area contributed by atoms with Gasteiger partial charge in [0.2, 0.25) is 0 Å². The molecule has 1 fully saturated rings. The zero-order valence-corrected chi connectivity index (χ0v) is 11.1. The Morgan fingerprint density at radius 1 is 1.47 bits per heavy atom. The van der Waals surface area contributed by atoms with Gasteiger partial charge in [-0.15, -0.1) is 0 Å². The van der Waals surface area contributed by atoms with Gasteiger partial charge in [-0.2, -0.15) is 0 Å². The van der Waals surface area contributed by atoms with E-state index in [9.17, 15) is 4.79 Å². The Labute approximate surface area is 104 Å². The van der Waals surface area contributed by atoms with Gasteiger partial charge >= 0.3 is 5.97 Å². The van der Waals surface area contributed by atoms with Crippen molar-refractivity contribution in [2.24, 2.45) is 11.7 Å². The van der Waals surface area contributed by atoms with Gasteiger partial charge in [-0.05, 0) is 51.1 Å². The molecule has 1 aliphatic carbocycles. The molecule has 1 aliphatic rings. The quantitative estimate of drug-likeness (QED) is 0.645. The van der Waals surface area contributed by atoms with E-state index in [1.807, 2.05) is 6.92 Å². The van der Waals surface area contributed by atoms with Crippen LogP contribution in [0.2, 0.25) is 0 Å². The molecule has 1 unspecified atom stereocenters. The van der Waals surface area contributed by atoms with Crippen LogP contribution in [0.3, 0.4) is 0 Å². The smallest absolute Gasteiger partial charge is 0.323 e. The summed E-state index contributed by atoms with van der Waals surface area (Å²) in [5, 5.41) is 9.07. The van der Waals surface area contributed by atoms with Crippen LogP contribution in [-0.4, -0.2) is 41.1 Å². The molecule has 0 saturated heterocycles. The van der Waals surface area contributed by atoms with Crippen molar-refractivity contribution in [3.8, 4) is 0 Å². The second-order valence-corrected chi connectivity index (χ2v) is 5.26. The summed E-state index contributed by atoms with van der Waals surface area (Å²) in [4.78, 5) is 13.5. The van der Waals surface area contributed by atoms with Gasteiger partial charge in [0.25, 0.3) is 0 Å². The van der Waals surface area contributed by atoms with Crippen molar-refractivity contribution in [3.63, 3.8) is 0 Å². The van der Waals surface area contributed by atoms with Gasteiger partial charge in [-0.25, -0.2) is 0 Å². The Kier molecular flexibility index (Phi) is 5.40. The maximum Gasteiger partial charge on any atom is 0.323 e. The third-order valence-electron chi connectivity index (χ3n) is 3.81. The summed E-state index contributed by atoms with van der Waals surface area (Å²) in [5.74, 6) is 0.0217. The minimum absolute atomic E-state index is 0.497. The fourth-order valence-corrected chi connectivity index (χ4v) is 2.10. The summed E-state index contributed by atoms with van der Waals surface area (Å²) in [7, 11) is 0. The molecule has 0 spiro atoms. The first-order valence-corrected chi connectivity index (χ1v) is 6.76. The number of nitrogens with two attached hydrogens (primary N) is 1. The highest BCUT2D eigenvalue weighted by atomic mass is 16.4. The van der Waals surface area contributed by atoms with E-state index in [1.165, 1.54) is 19.4 Å². The lowest BCUT2D eigenvalue weighted by atomic mass is 9.92. The largest absolute Gasteiger partial charge is 0.480 e. The van der Waals surface area contributed by atoms with Crippen molar-refractivity contribution in [2.75, 3.05) is 19.6 Å². The fourth-order valence-electron chi connectivity index (χ4n) is 2.10. The summed E-state index contributed by atoms with van der Waals surface area (Å²) >= 11 is 0. The van der Waals surface area contributed by atoms with Gasteiger partial charge in [-0.1, -0.05) is 13.8 Å². The van der Waals surface area contributed by atoms with Gasteiger partial charge in [-0.3, -0.25) is 4.79 Å². The Hall–Kier alpha value is -0.610. The van der Waals surface area contributed by atoms with E-state index in [1.54, 1.807) is 0 Å². The number of aliphatic carboxylic acids is 1. The van der Waals surface area contributed by atoms with Crippen molar-refractivity contribution in [1.29, 1.82) is 0 Å². The minimum atomic E-state index is -1.03. The van der Waals surface area contributed by atoms with E-state index in [0.717, 1.165) is 25.4 Å². The third-order valence-corrected chi connectivity index (χ3v) is 3.81. The number of carboxylic acid groups (broad SMARTS) is 1. The van der Waals surface area contributed by atoms with Crippen molar-refractivity contribution in [2.45, 2.75) is 51.5 Å². The molecular weight excluding hydrogens is 216 g/mol. The van der Waals surface area contributed by atoms with Crippen molar-refractivity contribution in [3.05, 3.63) is 0 Å². The lowest BCUT2D eigenvalue weighted by molar-refractivity contribution is -0.143. The second kappa shape index (κ2) is 6.36. The molecule has 1 rings (SSSR count). The number of carbonyl (C=O) groups is 1. The molecule has 0 aromatic carbocycles. The summed E-state index contributed by atoms with van der Waals surface area (Å²) in [5.41, 5.74) is 4.83. The standard InChI is InChI=1S/C13H26N2O2/c1-3-13(14,12(16)17)8-5-9-15(4-2)10-11-6-7-11/h11H,3-10,14H2,1-2H3,(H,16,17). The number of rotatable bonds is 9. The highest BCUT2D eigenvalue weighted by Crippen LogP contribution is 2.29. The van der Waals surface area contributed by atoms with E-state index in [4.69, 9.17) is 10.8 Å². The molecule has 0 bridgehead atoms. The summed E-state index contributed by atoms with van der Waals surface area (Å²) in [6, 6.07) is 0. The predicted octanol–water partition coefficient (Wildman–Crippen LogP) is 1.69. The zero-order valence-electron chi connectivity index (χ0n) is 11.1. The van der Waals surface area contributed by atoms with Gasteiger partial charge in [0.1, 0.15) is 5.54 Å². The SMILES string of the molecule is CCN(CCCC(N)(CC)C(=O)O)CC1CC1. The molecule has 0 radical (unpaired) electrons. The highest BCUT2D eigenvalue weighted by molar-refractivity contribution is 5.78. The average Bonchev–Trinajstić information content (AvgIpc) is 3.11. The molecule has 0 aromatic rings. The topological polar surface area (TPSA) is 66.6 Å². The van der Waals surface area contributed by atoms with Gasteiger partial charge in [0, 0.05) is 6.54 Å². The predicted molar refractivity (Wildman–Crippen MR) is 68.9 cm³/mol. The molecule has 17 heavy (non-hydrogen) atoms. The number of nitrogens with zero attached hydrogens (tertiary/aromatic N) is 1. The zero-order chi connectivity index (χ0) is 12.9. The summed E-state index contributed by atoms with van der Waals surface area (Å²) in [6.45, 7) is 7.20. The van der Waals surface area contributed by atoms with E-state index in [-0.39, 0.29) is 0 Å². The lowest BCUT2D eigenvalue weighted by Crippen LogP contribution is -2.47. The van der Waals surface area contributed by atoms with Crippen LogP contribution in [0.25, 0.3) is 0 Å². The van der Waals surface area contributed by atoms with Gasteiger partial charge < -0.3 is 15.7 Å². The molecule has 0 heterocycles. The first-order chi connectivity index (χ1) is 8.01. The van der Waals surface area contributed by atoms with E-state index < -0.39 is 11.5 Å². The number of carboxylic acids is 1. The molecule has 0 amide bonds. The minimum Gasteiger partial charge on any atom is -0.480 e. The van der Waals surface area contributed by atoms with Crippen LogP contribution in [0.1, 0.15) is 46.0 Å². The fraction of sp³-hybridized carbons (Fsp3) is 0.923. The van der Waals surface area contributed by atoms with E-state index in [0.29, 0.717) is 12.8 Å². The Morgan fingerprint density at radius 2 is 2.12 bits per heavy atom. The molecule has 1 saturated carbocycles. The molecule has 0 aliphatic heterocycles. The Balaban J connectivity index is 2.26. The van der Waals surface area contributed by atoms with Crippen molar-refractivity contribution in [1.82, 2.24) is 4.90 Å². The van der Waals surface area contributed by atoms with Crippen LogP contribution in [0.4, 0.5) is 0 Å². The molecule has 3 N–H and O–H groups in total. The van der Waals surface area contributed by atoms with E-state index in [2.05, 4.69) is 11.8 Å². The molecule has 1 atom stereocenters. The lowest BCUT2D eigenvalue weighted by Gasteiger charge is -2.25. The van der Waals surface area contributed by atoms with Crippen LogP contribution in [-0.2, 0) is 4.79 Å². The second-order valence-electron chi connectivity index (χ2n) is 5.26. The van der Waals surface area contributed by atoms with Crippen LogP contribution < -0.4 is 5.73 Å². The van der Waals surface area contributed by atoms with Gasteiger partial charge in [0.05, 0.1) is 0 Å².